The van der Waals surface area contributed by atoms with Crippen molar-refractivity contribution >= 4 is 23.3 Å². The normalized spacial score (nSPS) is 11.2. The van der Waals surface area contributed by atoms with Crippen LogP contribution < -0.4 is 10.1 Å². The predicted molar refractivity (Wildman–Crippen MR) is 104 cm³/mol. The molecule has 0 saturated carbocycles. The molecule has 31 heavy (non-hydrogen) atoms. The molecule has 0 saturated heterocycles. The maximum Gasteiger partial charge on any atom is 0.418 e. The number of esters is 1. The molecule has 0 radical (unpaired) electrons. The van der Waals surface area contributed by atoms with Gasteiger partial charge in [-0.25, -0.2) is 4.79 Å². The van der Waals surface area contributed by atoms with Crippen LogP contribution in [0, 0.1) is 16.0 Å². The highest BCUT2D eigenvalue weighted by molar-refractivity contribution is 5.96. The number of hydrogen-bond acceptors (Lipinski definition) is 6. The molecular formula is C20H19F3N2O6. The third kappa shape index (κ3) is 6.98. The van der Waals surface area contributed by atoms with Crippen LogP contribution >= 0.6 is 0 Å². The Bertz CT molecular complexity index is 958. The van der Waals surface area contributed by atoms with Crippen LogP contribution in [-0.2, 0) is 15.7 Å². The van der Waals surface area contributed by atoms with E-state index in [4.69, 9.17) is 9.47 Å². The molecule has 166 valence electrons. The van der Waals surface area contributed by atoms with Gasteiger partial charge in [0.25, 0.3) is 11.6 Å². The second-order valence-corrected chi connectivity index (χ2v) is 6.84. The molecule has 8 nitrogen and oxygen atoms in total. The minimum atomic E-state index is -4.94. The van der Waals surface area contributed by atoms with Gasteiger partial charge in [0, 0.05) is 12.1 Å². The summed E-state index contributed by atoms with van der Waals surface area (Å²) < 4.78 is 49.7. The second kappa shape index (κ2) is 9.92. The zero-order valence-corrected chi connectivity index (χ0v) is 16.6. The first-order valence-corrected chi connectivity index (χ1v) is 9.03. The Morgan fingerprint density at radius 1 is 1.13 bits per heavy atom. The van der Waals surface area contributed by atoms with Gasteiger partial charge >= 0.3 is 12.1 Å². The Balaban J connectivity index is 1.99. The first kappa shape index (κ1) is 23.6. The number of nitrogens with one attached hydrogen (secondary N) is 1. The van der Waals surface area contributed by atoms with Gasteiger partial charge in [0.15, 0.2) is 6.61 Å². The van der Waals surface area contributed by atoms with Gasteiger partial charge in [-0.3, -0.25) is 14.9 Å². The molecule has 0 heterocycles. The highest BCUT2D eigenvalue weighted by atomic mass is 19.4. The van der Waals surface area contributed by atoms with Gasteiger partial charge in [-0.1, -0.05) is 13.8 Å². The number of nitro groups is 1. The number of anilines is 1. The summed E-state index contributed by atoms with van der Waals surface area (Å²) in [6.45, 7) is 3.60. The molecule has 0 aliphatic rings. The summed E-state index contributed by atoms with van der Waals surface area (Å²) in [7, 11) is 0. The number of rotatable bonds is 8. The van der Waals surface area contributed by atoms with E-state index in [0.29, 0.717) is 24.3 Å². The number of alkyl halides is 3. The van der Waals surface area contributed by atoms with Crippen molar-refractivity contribution in [3.63, 3.8) is 0 Å². The van der Waals surface area contributed by atoms with Gasteiger partial charge in [-0.05, 0) is 36.2 Å². The second-order valence-electron chi connectivity index (χ2n) is 6.84. The van der Waals surface area contributed by atoms with Crippen LogP contribution in [0.4, 0.5) is 24.5 Å². The number of nitrogens with zero attached hydrogens (tertiary/aromatic N) is 1. The van der Waals surface area contributed by atoms with Crippen LogP contribution in [0.15, 0.2) is 42.5 Å². The number of benzene rings is 2. The van der Waals surface area contributed by atoms with Crippen molar-refractivity contribution in [1.82, 2.24) is 0 Å². The molecule has 1 N–H and O–H groups in total. The monoisotopic (exact) mass is 440 g/mol. The first-order valence-electron chi connectivity index (χ1n) is 9.03. The van der Waals surface area contributed by atoms with E-state index < -0.39 is 46.5 Å². The lowest BCUT2D eigenvalue weighted by atomic mass is 10.1. The molecule has 11 heteroatoms. The summed E-state index contributed by atoms with van der Waals surface area (Å²) in [4.78, 5) is 33.7. The summed E-state index contributed by atoms with van der Waals surface area (Å²) in [5, 5.41) is 12.6. The van der Waals surface area contributed by atoms with Crippen LogP contribution in [0.1, 0.15) is 29.8 Å². The van der Waals surface area contributed by atoms with E-state index >= 15 is 0 Å². The lowest BCUT2D eigenvalue weighted by Gasteiger charge is -2.13. The number of nitro benzene ring substituents is 1. The van der Waals surface area contributed by atoms with Crippen molar-refractivity contribution in [2.75, 3.05) is 18.5 Å². The lowest BCUT2D eigenvalue weighted by molar-refractivity contribution is -0.385. The minimum absolute atomic E-state index is 0.121. The van der Waals surface area contributed by atoms with Crippen LogP contribution in [0.3, 0.4) is 0 Å². The molecule has 0 fully saturated rings. The zero-order valence-electron chi connectivity index (χ0n) is 16.6. The number of carbonyl (C=O) groups is 2. The fourth-order valence-corrected chi connectivity index (χ4v) is 2.34. The van der Waals surface area contributed by atoms with E-state index in [2.05, 4.69) is 0 Å². The number of ether oxygens (including phenoxy) is 2. The Hall–Kier alpha value is -3.63. The maximum absolute atomic E-state index is 13.1. The summed E-state index contributed by atoms with van der Waals surface area (Å²) in [5.41, 5.74) is -2.74. The van der Waals surface area contributed by atoms with Gasteiger partial charge in [0.05, 0.1) is 28.3 Å². The van der Waals surface area contributed by atoms with Gasteiger partial charge in [0.1, 0.15) is 5.75 Å². The summed E-state index contributed by atoms with van der Waals surface area (Å²) in [5.74, 6) is -1.03. The van der Waals surface area contributed by atoms with Crippen LogP contribution in [0.5, 0.6) is 5.75 Å². The van der Waals surface area contributed by atoms with Crippen LogP contribution in [0.2, 0.25) is 0 Å². The molecule has 0 aromatic heterocycles. The fraction of sp³-hybridized carbons (Fsp3) is 0.300. The summed E-state index contributed by atoms with van der Waals surface area (Å²) >= 11 is 0. The molecule has 0 aliphatic carbocycles. The molecular weight excluding hydrogens is 421 g/mol. The third-order valence-electron chi connectivity index (χ3n) is 3.80. The van der Waals surface area contributed by atoms with Crippen molar-refractivity contribution in [3.05, 3.63) is 63.7 Å². The number of carbonyl (C=O) groups excluding carboxylic acids is 2. The van der Waals surface area contributed by atoms with Crippen molar-refractivity contribution in [1.29, 1.82) is 0 Å². The number of halogens is 3. The quantitative estimate of drug-likeness (QED) is 0.369. The molecule has 2 aromatic rings. The lowest BCUT2D eigenvalue weighted by Crippen LogP contribution is -2.23. The number of amides is 1. The van der Waals surface area contributed by atoms with Gasteiger partial charge < -0.3 is 14.8 Å². The molecule has 1 amide bonds. The molecule has 2 rings (SSSR count). The standard InChI is InChI=1S/C20H19F3N2O6/c1-12(2)10-30-15-6-3-13(4-7-15)19(27)31-11-18(26)24-17-8-5-14(25(28)29)9-16(17)20(21,22)23/h3-9,12H,10-11H2,1-2H3,(H,24,26). The smallest absolute Gasteiger partial charge is 0.418 e. The largest absolute Gasteiger partial charge is 0.493 e. The third-order valence-corrected chi connectivity index (χ3v) is 3.80. The van der Waals surface area contributed by atoms with Crippen molar-refractivity contribution in [3.8, 4) is 5.75 Å². The van der Waals surface area contributed by atoms with Gasteiger partial charge in [-0.2, -0.15) is 13.2 Å². The van der Waals surface area contributed by atoms with E-state index in [9.17, 15) is 32.9 Å². The number of hydrogen-bond donors (Lipinski definition) is 1. The molecule has 0 aliphatic heterocycles. The average Bonchev–Trinajstić information content (AvgIpc) is 2.70. The van der Waals surface area contributed by atoms with E-state index in [1.54, 1.807) is 12.1 Å². The Labute approximate surface area is 175 Å². The zero-order chi connectivity index (χ0) is 23.2. The van der Waals surface area contributed by atoms with E-state index in [0.717, 1.165) is 12.1 Å². The molecule has 0 unspecified atom stereocenters. The highest BCUT2D eigenvalue weighted by Gasteiger charge is 2.35. The summed E-state index contributed by atoms with van der Waals surface area (Å²) in [6.07, 6.45) is -4.94. The maximum atomic E-state index is 13.1. The Morgan fingerprint density at radius 2 is 1.77 bits per heavy atom. The molecule has 0 atom stereocenters. The molecule has 0 spiro atoms. The number of non-ortho nitro benzene ring substituents is 1. The predicted octanol–water partition coefficient (Wildman–Crippen LogP) is 4.44. The fourth-order valence-electron chi connectivity index (χ4n) is 2.34. The topological polar surface area (TPSA) is 108 Å². The van der Waals surface area contributed by atoms with Crippen molar-refractivity contribution < 1.29 is 37.2 Å². The van der Waals surface area contributed by atoms with Crippen LogP contribution in [-0.4, -0.2) is 30.0 Å². The van der Waals surface area contributed by atoms with E-state index in [1.807, 2.05) is 19.2 Å². The summed E-state index contributed by atoms with van der Waals surface area (Å²) in [6, 6.07) is 7.83. The van der Waals surface area contributed by atoms with Crippen LogP contribution in [0.25, 0.3) is 0 Å². The van der Waals surface area contributed by atoms with Crippen molar-refractivity contribution in [2.24, 2.45) is 5.92 Å². The van der Waals surface area contributed by atoms with E-state index in [1.165, 1.54) is 12.1 Å². The van der Waals surface area contributed by atoms with Crippen molar-refractivity contribution in [2.45, 2.75) is 20.0 Å². The van der Waals surface area contributed by atoms with Gasteiger partial charge in [0.2, 0.25) is 0 Å². The van der Waals surface area contributed by atoms with E-state index in [-0.39, 0.29) is 5.56 Å². The average molecular weight is 440 g/mol. The van der Waals surface area contributed by atoms with Gasteiger partial charge in [-0.15, -0.1) is 0 Å². The Morgan fingerprint density at radius 3 is 2.32 bits per heavy atom. The highest BCUT2D eigenvalue weighted by Crippen LogP contribution is 2.37. The first-order chi connectivity index (χ1) is 14.5. The SMILES string of the molecule is CC(C)COc1ccc(C(=O)OCC(=O)Nc2ccc([N+](=O)[O-])cc2C(F)(F)F)cc1. The molecule has 0 bridgehead atoms. The molecule has 2 aromatic carbocycles. The Kier molecular flexibility index (Phi) is 7.56. The minimum Gasteiger partial charge on any atom is -0.493 e.